The summed E-state index contributed by atoms with van der Waals surface area (Å²) in [5.74, 6) is -0.756. The third-order valence-corrected chi connectivity index (χ3v) is 7.82. The number of carbonyl (C=O) groups excluding carboxylic acids is 3. The number of alkyl halides is 1. The van der Waals surface area contributed by atoms with E-state index in [4.69, 9.17) is 16.3 Å². The Kier molecular flexibility index (Phi) is 7.11. The highest BCUT2D eigenvalue weighted by Gasteiger charge is 2.54. The molecule has 0 saturated carbocycles. The molecule has 0 aromatic heterocycles. The molecule has 2 amide bonds. The van der Waals surface area contributed by atoms with Crippen LogP contribution in [0.5, 0.6) is 0 Å². The standard InChI is InChI=1S/C28H23ClN2O4S/c29-16-21-17-36-27-22(30-25(32)20-14-8-3-9-15-20)26(33)31(27)23(21)28(34)35-24(18-10-4-1-5-11-18)19-12-6-2-7-13-19/h1-15,22,24,27H,16-17H2,(H,30,32)/t22?,27-/m1/s1. The van der Waals surface area contributed by atoms with Crippen LogP contribution in [0.25, 0.3) is 0 Å². The Morgan fingerprint density at radius 2 is 1.50 bits per heavy atom. The Hall–Kier alpha value is -3.55. The van der Waals surface area contributed by atoms with Gasteiger partial charge in [0.15, 0.2) is 6.10 Å². The van der Waals surface area contributed by atoms with Gasteiger partial charge in [-0.2, -0.15) is 0 Å². The summed E-state index contributed by atoms with van der Waals surface area (Å²) < 4.78 is 6.03. The monoisotopic (exact) mass is 518 g/mol. The number of β-lactam (4-membered cyclic amide) rings is 1. The molecule has 0 bridgehead atoms. The molecule has 1 N–H and O–H groups in total. The van der Waals surface area contributed by atoms with Gasteiger partial charge < -0.3 is 10.1 Å². The largest absolute Gasteiger partial charge is 0.448 e. The van der Waals surface area contributed by atoms with E-state index in [1.807, 2.05) is 66.7 Å². The molecule has 0 aliphatic carbocycles. The molecule has 2 atom stereocenters. The molecular weight excluding hydrogens is 496 g/mol. The second kappa shape index (κ2) is 10.6. The summed E-state index contributed by atoms with van der Waals surface area (Å²) >= 11 is 7.66. The molecule has 182 valence electrons. The van der Waals surface area contributed by atoms with Crippen molar-refractivity contribution < 1.29 is 19.1 Å². The van der Waals surface area contributed by atoms with Crippen molar-refractivity contribution in [2.24, 2.45) is 0 Å². The maximum Gasteiger partial charge on any atom is 0.356 e. The number of amides is 2. The van der Waals surface area contributed by atoms with Crippen molar-refractivity contribution in [1.82, 2.24) is 10.2 Å². The van der Waals surface area contributed by atoms with Crippen molar-refractivity contribution in [3.63, 3.8) is 0 Å². The fraction of sp³-hybridized carbons (Fsp3) is 0.179. The van der Waals surface area contributed by atoms with E-state index in [0.29, 0.717) is 16.9 Å². The van der Waals surface area contributed by atoms with Crippen molar-refractivity contribution in [3.8, 4) is 0 Å². The second-order valence-corrected chi connectivity index (χ2v) is 9.79. The molecule has 2 aliphatic rings. The summed E-state index contributed by atoms with van der Waals surface area (Å²) in [6.07, 6.45) is -0.651. The summed E-state index contributed by atoms with van der Waals surface area (Å²) in [5, 5.41) is 2.40. The number of thioether (sulfide) groups is 1. The van der Waals surface area contributed by atoms with Gasteiger partial charge in [-0.25, -0.2) is 4.79 Å². The van der Waals surface area contributed by atoms with Crippen molar-refractivity contribution >= 4 is 41.1 Å². The van der Waals surface area contributed by atoms with Crippen LogP contribution in [0, 0.1) is 0 Å². The molecule has 2 aliphatic heterocycles. The number of carbonyl (C=O) groups is 3. The van der Waals surface area contributed by atoms with Gasteiger partial charge in [0.1, 0.15) is 17.1 Å². The summed E-state index contributed by atoms with van der Waals surface area (Å²) in [6.45, 7) is 0. The Balaban J connectivity index is 1.39. The normalized spacial score (nSPS) is 18.9. The van der Waals surface area contributed by atoms with E-state index < -0.39 is 23.5 Å². The van der Waals surface area contributed by atoms with Gasteiger partial charge in [-0.1, -0.05) is 78.9 Å². The van der Waals surface area contributed by atoms with Crippen LogP contribution in [-0.2, 0) is 14.3 Å². The second-order valence-electron chi connectivity index (χ2n) is 8.42. The molecule has 0 spiro atoms. The number of fused-ring (bicyclic) bond motifs is 1. The SMILES string of the molecule is O=C(OC(c1ccccc1)c1ccccc1)C1=C(CCl)CS[C@@H]2C(NC(=O)c3ccccc3)C(=O)N12. The average Bonchev–Trinajstić information content (AvgIpc) is 2.94. The van der Waals surface area contributed by atoms with Crippen LogP contribution in [-0.4, -0.2) is 45.7 Å². The molecule has 3 aromatic carbocycles. The molecule has 5 rings (SSSR count). The number of nitrogens with one attached hydrogen (secondary N) is 1. The van der Waals surface area contributed by atoms with E-state index in [0.717, 1.165) is 11.1 Å². The van der Waals surface area contributed by atoms with E-state index in [1.165, 1.54) is 16.7 Å². The highest BCUT2D eigenvalue weighted by molar-refractivity contribution is 8.00. The zero-order chi connectivity index (χ0) is 25.1. The van der Waals surface area contributed by atoms with Gasteiger partial charge >= 0.3 is 5.97 Å². The number of esters is 1. The predicted molar refractivity (Wildman–Crippen MR) is 139 cm³/mol. The van der Waals surface area contributed by atoms with Gasteiger partial charge in [-0.3, -0.25) is 14.5 Å². The lowest BCUT2D eigenvalue weighted by Gasteiger charge is -2.49. The minimum Gasteiger partial charge on any atom is -0.448 e. The van der Waals surface area contributed by atoms with Crippen molar-refractivity contribution in [3.05, 3.63) is 119 Å². The summed E-state index contributed by atoms with van der Waals surface area (Å²) in [5.41, 5.74) is 2.89. The fourth-order valence-corrected chi connectivity index (χ4v) is 6.01. The lowest BCUT2D eigenvalue weighted by atomic mass is 10.0. The third kappa shape index (κ3) is 4.64. The predicted octanol–water partition coefficient (Wildman–Crippen LogP) is 4.53. The smallest absolute Gasteiger partial charge is 0.356 e. The lowest BCUT2D eigenvalue weighted by Crippen LogP contribution is -2.70. The van der Waals surface area contributed by atoms with E-state index in [2.05, 4.69) is 5.32 Å². The number of hydrogen-bond donors (Lipinski definition) is 1. The van der Waals surface area contributed by atoms with Gasteiger partial charge in [0.05, 0.1) is 0 Å². The van der Waals surface area contributed by atoms with Crippen LogP contribution in [0.1, 0.15) is 27.6 Å². The first-order valence-corrected chi connectivity index (χ1v) is 13.1. The maximum atomic E-state index is 13.6. The average molecular weight is 519 g/mol. The quantitative estimate of drug-likeness (QED) is 0.283. The zero-order valence-corrected chi connectivity index (χ0v) is 20.7. The molecule has 3 aromatic rings. The van der Waals surface area contributed by atoms with Crippen LogP contribution >= 0.6 is 23.4 Å². The Morgan fingerprint density at radius 1 is 0.944 bits per heavy atom. The number of rotatable bonds is 7. The Bertz CT molecular complexity index is 1260. The van der Waals surface area contributed by atoms with Crippen molar-refractivity contribution in [2.75, 3.05) is 11.6 Å². The fourth-order valence-electron chi connectivity index (χ4n) is 4.34. The van der Waals surface area contributed by atoms with E-state index in [-0.39, 0.29) is 23.4 Å². The van der Waals surface area contributed by atoms with Gasteiger partial charge in [0.25, 0.3) is 11.8 Å². The summed E-state index contributed by atoms with van der Waals surface area (Å²) in [4.78, 5) is 40.8. The van der Waals surface area contributed by atoms with Crippen molar-refractivity contribution in [2.45, 2.75) is 17.5 Å². The molecule has 2 heterocycles. The van der Waals surface area contributed by atoms with E-state index in [1.54, 1.807) is 24.3 Å². The lowest BCUT2D eigenvalue weighted by molar-refractivity contribution is -0.153. The van der Waals surface area contributed by atoms with E-state index in [9.17, 15) is 14.4 Å². The minimum absolute atomic E-state index is 0.0936. The Morgan fingerprint density at radius 3 is 2.06 bits per heavy atom. The maximum absolute atomic E-state index is 13.6. The van der Waals surface area contributed by atoms with Gasteiger partial charge in [0.2, 0.25) is 0 Å². The van der Waals surface area contributed by atoms with E-state index >= 15 is 0 Å². The molecule has 8 heteroatoms. The van der Waals surface area contributed by atoms with Gasteiger partial charge in [-0.05, 0) is 28.8 Å². The summed E-state index contributed by atoms with van der Waals surface area (Å²) in [7, 11) is 0. The number of nitrogens with zero attached hydrogens (tertiary/aromatic N) is 1. The highest BCUT2D eigenvalue weighted by atomic mass is 35.5. The first-order chi connectivity index (χ1) is 17.6. The minimum atomic E-state index is -0.735. The number of halogens is 1. The van der Waals surface area contributed by atoms with Crippen LogP contribution in [0.3, 0.4) is 0 Å². The Labute approximate surface area is 218 Å². The molecule has 1 fully saturated rings. The molecule has 1 saturated heterocycles. The number of benzene rings is 3. The summed E-state index contributed by atoms with van der Waals surface area (Å²) in [6, 6.07) is 26.9. The van der Waals surface area contributed by atoms with Gasteiger partial charge in [-0.15, -0.1) is 23.4 Å². The zero-order valence-electron chi connectivity index (χ0n) is 19.2. The molecule has 6 nitrogen and oxygen atoms in total. The van der Waals surface area contributed by atoms with Gasteiger partial charge in [0, 0.05) is 17.2 Å². The molecule has 1 unspecified atom stereocenters. The van der Waals surface area contributed by atoms with Crippen LogP contribution in [0.4, 0.5) is 0 Å². The highest BCUT2D eigenvalue weighted by Crippen LogP contribution is 2.42. The van der Waals surface area contributed by atoms with Crippen LogP contribution in [0.2, 0.25) is 0 Å². The molecule has 0 radical (unpaired) electrons. The number of ether oxygens (including phenoxy) is 1. The topological polar surface area (TPSA) is 75.7 Å². The van der Waals surface area contributed by atoms with Crippen LogP contribution < -0.4 is 5.32 Å². The first-order valence-electron chi connectivity index (χ1n) is 11.5. The first kappa shape index (κ1) is 24.2. The molecular formula is C28H23ClN2O4S. The number of hydrogen-bond acceptors (Lipinski definition) is 5. The van der Waals surface area contributed by atoms with Crippen molar-refractivity contribution in [1.29, 1.82) is 0 Å². The molecule has 36 heavy (non-hydrogen) atoms. The third-order valence-electron chi connectivity index (χ3n) is 6.15. The van der Waals surface area contributed by atoms with Crippen LogP contribution in [0.15, 0.2) is 102 Å².